The van der Waals surface area contributed by atoms with Gasteiger partial charge in [0.1, 0.15) is 0 Å². The first-order valence-corrected chi connectivity index (χ1v) is 7.87. The van der Waals surface area contributed by atoms with Gasteiger partial charge in [-0.05, 0) is 31.2 Å². The first-order valence-electron chi connectivity index (χ1n) is 6.38. The number of carbonyl (C=O) groups excluding carboxylic acids is 1. The molecule has 2 N–H and O–H groups in total. The van der Waals surface area contributed by atoms with Crippen LogP contribution in [0.3, 0.4) is 0 Å². The third kappa shape index (κ3) is 3.93. The SMILES string of the molecule is CNS(=O)(=O)c1ccc(C(=O)NCCc2ccccc2)o1. The van der Waals surface area contributed by atoms with Crippen molar-refractivity contribution in [3.8, 4) is 0 Å². The zero-order valence-electron chi connectivity index (χ0n) is 11.5. The topological polar surface area (TPSA) is 88.4 Å². The summed E-state index contributed by atoms with van der Waals surface area (Å²) >= 11 is 0. The van der Waals surface area contributed by atoms with Crippen LogP contribution < -0.4 is 10.0 Å². The number of hydrogen-bond acceptors (Lipinski definition) is 4. The molecule has 0 atom stereocenters. The third-order valence-corrected chi connectivity index (χ3v) is 4.17. The van der Waals surface area contributed by atoms with Crippen molar-refractivity contribution < 1.29 is 17.6 Å². The summed E-state index contributed by atoms with van der Waals surface area (Å²) in [6.45, 7) is 0.442. The van der Waals surface area contributed by atoms with E-state index in [-0.39, 0.29) is 10.9 Å². The lowest BCUT2D eigenvalue weighted by Crippen LogP contribution is -2.25. The van der Waals surface area contributed by atoms with Crippen LogP contribution in [0.1, 0.15) is 16.1 Å². The Morgan fingerprint density at radius 3 is 2.52 bits per heavy atom. The number of rotatable bonds is 6. The molecule has 0 radical (unpaired) electrons. The number of furan rings is 1. The Labute approximate surface area is 123 Å². The Morgan fingerprint density at radius 1 is 1.14 bits per heavy atom. The fourth-order valence-corrected chi connectivity index (χ4v) is 2.39. The number of sulfonamides is 1. The highest BCUT2D eigenvalue weighted by molar-refractivity contribution is 7.89. The molecule has 0 fully saturated rings. The molecule has 1 aromatic carbocycles. The molecule has 1 aromatic heterocycles. The quantitative estimate of drug-likeness (QED) is 0.838. The number of benzene rings is 1. The third-order valence-electron chi connectivity index (χ3n) is 2.88. The van der Waals surface area contributed by atoms with E-state index in [1.54, 1.807) is 0 Å². The fraction of sp³-hybridized carbons (Fsp3) is 0.214. The molecule has 0 spiro atoms. The summed E-state index contributed by atoms with van der Waals surface area (Å²) in [6, 6.07) is 12.3. The van der Waals surface area contributed by atoms with E-state index in [0.29, 0.717) is 13.0 Å². The molecule has 1 amide bonds. The Balaban J connectivity index is 1.92. The van der Waals surface area contributed by atoms with Crippen molar-refractivity contribution in [2.24, 2.45) is 0 Å². The minimum Gasteiger partial charge on any atom is -0.438 e. The van der Waals surface area contributed by atoms with E-state index in [1.807, 2.05) is 30.3 Å². The van der Waals surface area contributed by atoms with Crippen LogP contribution in [0.2, 0.25) is 0 Å². The fourth-order valence-electron chi connectivity index (χ4n) is 1.74. The molecule has 0 unspecified atom stereocenters. The van der Waals surface area contributed by atoms with E-state index in [2.05, 4.69) is 10.0 Å². The zero-order chi connectivity index (χ0) is 15.3. The monoisotopic (exact) mass is 308 g/mol. The van der Waals surface area contributed by atoms with Gasteiger partial charge in [-0.1, -0.05) is 30.3 Å². The van der Waals surface area contributed by atoms with Gasteiger partial charge in [-0.3, -0.25) is 4.79 Å². The standard InChI is InChI=1S/C14H16N2O4S/c1-15-21(18,19)13-8-7-12(20-13)14(17)16-10-9-11-5-3-2-4-6-11/h2-8,15H,9-10H2,1H3,(H,16,17). The predicted octanol–water partition coefficient (Wildman–Crippen LogP) is 1.16. The van der Waals surface area contributed by atoms with Crippen LogP contribution in [-0.4, -0.2) is 27.9 Å². The normalized spacial score (nSPS) is 11.3. The van der Waals surface area contributed by atoms with Gasteiger partial charge in [-0.25, -0.2) is 13.1 Å². The summed E-state index contributed by atoms with van der Waals surface area (Å²) in [7, 11) is -2.40. The average Bonchev–Trinajstić information content (AvgIpc) is 2.99. The highest BCUT2D eigenvalue weighted by atomic mass is 32.2. The Hall–Kier alpha value is -2.12. The van der Waals surface area contributed by atoms with Gasteiger partial charge in [0.2, 0.25) is 5.09 Å². The van der Waals surface area contributed by atoms with Crippen LogP contribution >= 0.6 is 0 Å². The summed E-state index contributed by atoms with van der Waals surface area (Å²) < 4.78 is 30.2. The van der Waals surface area contributed by atoms with E-state index in [0.717, 1.165) is 5.56 Å². The minimum absolute atomic E-state index is 0.0307. The molecule has 0 saturated carbocycles. The van der Waals surface area contributed by atoms with Crippen LogP contribution in [0.4, 0.5) is 0 Å². The molecular formula is C14H16N2O4S. The molecular weight excluding hydrogens is 292 g/mol. The molecule has 7 heteroatoms. The van der Waals surface area contributed by atoms with Gasteiger partial charge >= 0.3 is 0 Å². The number of nitrogens with one attached hydrogen (secondary N) is 2. The maximum atomic E-state index is 11.8. The molecule has 2 aromatic rings. The van der Waals surface area contributed by atoms with Crippen molar-refractivity contribution in [2.45, 2.75) is 11.5 Å². The van der Waals surface area contributed by atoms with Gasteiger partial charge in [-0.2, -0.15) is 0 Å². The maximum Gasteiger partial charge on any atom is 0.287 e. The molecule has 0 aliphatic carbocycles. The largest absolute Gasteiger partial charge is 0.438 e. The molecule has 0 aliphatic rings. The molecule has 0 aliphatic heterocycles. The van der Waals surface area contributed by atoms with E-state index in [4.69, 9.17) is 4.42 Å². The van der Waals surface area contributed by atoms with Gasteiger partial charge < -0.3 is 9.73 Å². The summed E-state index contributed by atoms with van der Waals surface area (Å²) in [5.74, 6) is -0.472. The summed E-state index contributed by atoms with van der Waals surface area (Å²) in [5, 5.41) is 2.40. The summed E-state index contributed by atoms with van der Waals surface area (Å²) in [4.78, 5) is 11.8. The second kappa shape index (κ2) is 6.55. The van der Waals surface area contributed by atoms with Crippen molar-refractivity contribution in [3.05, 3.63) is 53.8 Å². The van der Waals surface area contributed by atoms with Gasteiger partial charge in [0, 0.05) is 6.54 Å². The van der Waals surface area contributed by atoms with Crippen molar-refractivity contribution in [1.29, 1.82) is 0 Å². The lowest BCUT2D eigenvalue weighted by molar-refractivity contribution is 0.0921. The highest BCUT2D eigenvalue weighted by Crippen LogP contribution is 2.13. The second-order valence-electron chi connectivity index (χ2n) is 4.32. The van der Waals surface area contributed by atoms with Crippen molar-refractivity contribution >= 4 is 15.9 Å². The molecule has 0 bridgehead atoms. The van der Waals surface area contributed by atoms with E-state index in [9.17, 15) is 13.2 Å². The van der Waals surface area contributed by atoms with Crippen molar-refractivity contribution in [2.75, 3.05) is 13.6 Å². The van der Waals surface area contributed by atoms with Crippen LogP contribution in [0.15, 0.2) is 52.0 Å². The van der Waals surface area contributed by atoms with Crippen LogP contribution in [0.5, 0.6) is 0 Å². The number of carbonyl (C=O) groups is 1. The maximum absolute atomic E-state index is 11.8. The van der Waals surface area contributed by atoms with Crippen LogP contribution in [-0.2, 0) is 16.4 Å². The highest BCUT2D eigenvalue weighted by Gasteiger charge is 2.19. The van der Waals surface area contributed by atoms with Crippen molar-refractivity contribution in [3.63, 3.8) is 0 Å². The molecule has 112 valence electrons. The Bertz CT molecular complexity index is 708. The lowest BCUT2D eigenvalue weighted by Gasteiger charge is -2.03. The van der Waals surface area contributed by atoms with Gasteiger partial charge in [-0.15, -0.1) is 0 Å². The Morgan fingerprint density at radius 2 is 1.86 bits per heavy atom. The lowest BCUT2D eigenvalue weighted by atomic mass is 10.1. The van der Waals surface area contributed by atoms with E-state index in [1.165, 1.54) is 19.2 Å². The number of hydrogen-bond donors (Lipinski definition) is 2. The predicted molar refractivity (Wildman–Crippen MR) is 77.4 cm³/mol. The van der Waals surface area contributed by atoms with Crippen molar-refractivity contribution in [1.82, 2.24) is 10.0 Å². The average molecular weight is 308 g/mol. The van der Waals surface area contributed by atoms with Gasteiger partial charge in [0.05, 0.1) is 0 Å². The summed E-state index contributed by atoms with van der Waals surface area (Å²) in [5.41, 5.74) is 1.11. The smallest absolute Gasteiger partial charge is 0.287 e. The molecule has 2 rings (SSSR count). The molecule has 1 heterocycles. The minimum atomic E-state index is -3.67. The molecule has 21 heavy (non-hydrogen) atoms. The van der Waals surface area contributed by atoms with Crippen LogP contribution in [0, 0.1) is 0 Å². The first kappa shape index (κ1) is 15.3. The second-order valence-corrected chi connectivity index (χ2v) is 6.14. The zero-order valence-corrected chi connectivity index (χ0v) is 12.3. The van der Waals surface area contributed by atoms with Gasteiger partial charge in [0.15, 0.2) is 5.76 Å². The van der Waals surface area contributed by atoms with Crippen LogP contribution in [0.25, 0.3) is 0 Å². The van der Waals surface area contributed by atoms with Gasteiger partial charge in [0.25, 0.3) is 15.9 Å². The first-order chi connectivity index (χ1) is 10.0. The molecule has 0 saturated heterocycles. The van der Waals surface area contributed by atoms with E-state index >= 15 is 0 Å². The van der Waals surface area contributed by atoms with E-state index < -0.39 is 15.9 Å². The summed E-state index contributed by atoms with van der Waals surface area (Å²) in [6.07, 6.45) is 0.689. The molecule has 6 nitrogen and oxygen atoms in total. The Kier molecular flexibility index (Phi) is 4.77. The number of amides is 1.